The Hall–Kier alpha value is -0.280. The summed E-state index contributed by atoms with van der Waals surface area (Å²) in [4.78, 5) is 0. The van der Waals surface area contributed by atoms with Crippen molar-refractivity contribution in [2.75, 3.05) is 6.61 Å². The first-order chi connectivity index (χ1) is 8.12. The minimum Gasteiger partial charge on any atom is -0.395 e. The van der Waals surface area contributed by atoms with Crippen LogP contribution < -0.4 is 5.32 Å². The summed E-state index contributed by atoms with van der Waals surface area (Å²) in [5, 5.41) is 13.8. The smallest absolute Gasteiger partial charge is 0.0595 e. The largest absolute Gasteiger partial charge is 0.395 e. The van der Waals surface area contributed by atoms with Gasteiger partial charge in [0.05, 0.1) is 16.7 Å². The second-order valence-corrected chi connectivity index (χ2v) is 4.90. The fraction of sp³-hybridized carbons (Fsp3) is 0.538. The molecule has 1 unspecified atom stereocenters. The van der Waals surface area contributed by atoms with Gasteiger partial charge in [-0.3, -0.25) is 0 Å². The molecule has 0 bridgehead atoms. The van der Waals surface area contributed by atoms with Crippen molar-refractivity contribution in [2.45, 2.75) is 38.8 Å². The number of nitrogens with one attached hydrogen (secondary N) is 1. The second-order valence-electron chi connectivity index (χ2n) is 4.09. The van der Waals surface area contributed by atoms with E-state index in [4.69, 9.17) is 23.2 Å². The molecule has 96 valence electrons. The molecule has 2 N–H and O–H groups in total. The average Bonchev–Trinajstić information content (AvgIpc) is 2.35. The first-order valence-electron chi connectivity index (χ1n) is 5.94. The molecule has 17 heavy (non-hydrogen) atoms. The normalized spacial score (nSPS) is 14.6. The molecule has 0 aromatic heterocycles. The van der Waals surface area contributed by atoms with Crippen LogP contribution in [0.25, 0.3) is 0 Å². The van der Waals surface area contributed by atoms with E-state index in [-0.39, 0.29) is 18.7 Å². The van der Waals surface area contributed by atoms with Gasteiger partial charge in [-0.2, -0.15) is 0 Å². The second kappa shape index (κ2) is 7.22. The van der Waals surface area contributed by atoms with Crippen molar-refractivity contribution in [3.63, 3.8) is 0 Å². The molecule has 2 atom stereocenters. The lowest BCUT2D eigenvalue weighted by Gasteiger charge is -2.23. The number of rotatable bonds is 6. The van der Waals surface area contributed by atoms with E-state index in [1.54, 1.807) is 0 Å². The zero-order valence-corrected chi connectivity index (χ0v) is 11.7. The van der Waals surface area contributed by atoms with E-state index in [0.29, 0.717) is 10.0 Å². The molecule has 0 aliphatic rings. The van der Waals surface area contributed by atoms with E-state index in [9.17, 15) is 5.11 Å². The first-order valence-corrected chi connectivity index (χ1v) is 6.69. The molecule has 1 aromatic carbocycles. The molecule has 2 nitrogen and oxygen atoms in total. The maximum Gasteiger partial charge on any atom is 0.0595 e. The van der Waals surface area contributed by atoms with Gasteiger partial charge in [-0.15, -0.1) is 0 Å². The molecule has 0 saturated heterocycles. The number of aliphatic hydroxyl groups is 1. The van der Waals surface area contributed by atoms with Gasteiger partial charge in [0.1, 0.15) is 0 Å². The summed E-state index contributed by atoms with van der Waals surface area (Å²) >= 11 is 11.9. The van der Waals surface area contributed by atoms with Crippen LogP contribution in [0.4, 0.5) is 0 Å². The third-order valence-corrected chi connectivity index (χ3v) is 3.64. The number of benzene rings is 1. The lowest BCUT2D eigenvalue weighted by atomic mass is 10.0. The maximum absolute atomic E-state index is 9.21. The Morgan fingerprint density at radius 3 is 2.35 bits per heavy atom. The van der Waals surface area contributed by atoms with Crippen LogP contribution in [-0.2, 0) is 0 Å². The fourth-order valence-corrected chi connectivity index (χ4v) is 2.07. The summed E-state index contributed by atoms with van der Waals surface area (Å²) < 4.78 is 0. The van der Waals surface area contributed by atoms with Crippen LogP contribution >= 0.6 is 23.2 Å². The molecule has 0 aliphatic heterocycles. The molecule has 1 rings (SSSR count). The molecule has 4 heteroatoms. The highest BCUT2D eigenvalue weighted by atomic mass is 35.5. The minimum absolute atomic E-state index is 0.120. The molecule has 0 saturated carbocycles. The number of aliphatic hydroxyl groups excluding tert-OH is 1. The van der Waals surface area contributed by atoms with Crippen molar-refractivity contribution in [1.29, 1.82) is 0 Å². The fourth-order valence-electron chi connectivity index (χ4n) is 1.76. The van der Waals surface area contributed by atoms with Crippen LogP contribution in [0.15, 0.2) is 18.2 Å². The van der Waals surface area contributed by atoms with Crippen LogP contribution in [0.1, 0.15) is 38.3 Å². The Morgan fingerprint density at radius 1 is 1.18 bits per heavy atom. The third-order valence-electron chi connectivity index (χ3n) is 2.90. The van der Waals surface area contributed by atoms with E-state index in [1.807, 2.05) is 18.2 Å². The molecular formula is C13H19Cl2NO. The highest BCUT2D eigenvalue weighted by Crippen LogP contribution is 2.27. The van der Waals surface area contributed by atoms with Crippen LogP contribution in [0.5, 0.6) is 0 Å². The van der Waals surface area contributed by atoms with Crippen molar-refractivity contribution < 1.29 is 5.11 Å². The summed E-state index contributed by atoms with van der Waals surface area (Å²) in [6.45, 7) is 4.30. The first kappa shape index (κ1) is 14.8. The molecule has 0 aliphatic carbocycles. The Balaban J connectivity index is 2.82. The number of halogens is 2. The van der Waals surface area contributed by atoms with Crippen molar-refractivity contribution in [2.24, 2.45) is 0 Å². The van der Waals surface area contributed by atoms with Gasteiger partial charge >= 0.3 is 0 Å². The monoisotopic (exact) mass is 275 g/mol. The van der Waals surface area contributed by atoms with Crippen LogP contribution in [-0.4, -0.2) is 17.8 Å². The van der Waals surface area contributed by atoms with E-state index in [2.05, 4.69) is 19.2 Å². The van der Waals surface area contributed by atoms with Gasteiger partial charge in [0.2, 0.25) is 0 Å². The van der Waals surface area contributed by atoms with Gasteiger partial charge in [-0.1, -0.05) is 43.1 Å². The van der Waals surface area contributed by atoms with Gasteiger partial charge < -0.3 is 10.4 Å². The van der Waals surface area contributed by atoms with Crippen molar-refractivity contribution in [3.05, 3.63) is 33.8 Å². The minimum atomic E-state index is 0.120. The molecular weight excluding hydrogens is 257 g/mol. The highest BCUT2D eigenvalue weighted by Gasteiger charge is 2.14. The van der Waals surface area contributed by atoms with Crippen molar-refractivity contribution in [1.82, 2.24) is 5.32 Å². The number of hydrogen-bond donors (Lipinski definition) is 2. The third kappa shape index (κ3) is 4.14. The van der Waals surface area contributed by atoms with Gasteiger partial charge in [0.25, 0.3) is 0 Å². The predicted molar refractivity (Wildman–Crippen MR) is 73.8 cm³/mol. The molecule has 0 radical (unpaired) electrons. The Morgan fingerprint density at radius 2 is 1.88 bits per heavy atom. The lowest BCUT2D eigenvalue weighted by molar-refractivity contribution is 0.226. The van der Waals surface area contributed by atoms with Crippen LogP contribution in [0.2, 0.25) is 10.0 Å². The molecule has 1 aromatic rings. The quantitative estimate of drug-likeness (QED) is 0.828. The Labute approximate surface area is 113 Å². The molecule has 0 spiro atoms. The zero-order valence-electron chi connectivity index (χ0n) is 10.2. The average molecular weight is 276 g/mol. The summed E-state index contributed by atoms with van der Waals surface area (Å²) in [5.41, 5.74) is 1.11. The number of hydrogen-bond acceptors (Lipinski definition) is 2. The predicted octanol–water partition coefficient (Wildman–Crippen LogP) is 3.81. The SMILES string of the molecule is CCC(N[C@@H](CC)CO)c1ccc(Cl)c(Cl)c1. The Kier molecular flexibility index (Phi) is 6.28. The van der Waals surface area contributed by atoms with Crippen molar-refractivity contribution in [3.8, 4) is 0 Å². The maximum atomic E-state index is 9.21. The summed E-state index contributed by atoms with van der Waals surface area (Å²) in [7, 11) is 0. The van der Waals surface area contributed by atoms with E-state index in [1.165, 1.54) is 0 Å². The topological polar surface area (TPSA) is 32.3 Å². The highest BCUT2D eigenvalue weighted by molar-refractivity contribution is 6.42. The Bertz CT molecular complexity index is 353. The van der Waals surface area contributed by atoms with E-state index in [0.717, 1.165) is 18.4 Å². The zero-order chi connectivity index (χ0) is 12.8. The van der Waals surface area contributed by atoms with E-state index < -0.39 is 0 Å². The van der Waals surface area contributed by atoms with Crippen LogP contribution in [0.3, 0.4) is 0 Å². The summed E-state index contributed by atoms with van der Waals surface area (Å²) in [5.74, 6) is 0. The molecule has 0 amide bonds. The van der Waals surface area contributed by atoms with Gasteiger partial charge in [0.15, 0.2) is 0 Å². The van der Waals surface area contributed by atoms with Crippen molar-refractivity contribution >= 4 is 23.2 Å². The molecule has 0 fully saturated rings. The lowest BCUT2D eigenvalue weighted by Crippen LogP contribution is -2.34. The van der Waals surface area contributed by atoms with Gasteiger partial charge in [-0.25, -0.2) is 0 Å². The van der Waals surface area contributed by atoms with Gasteiger partial charge in [0, 0.05) is 12.1 Å². The standard InChI is InChI=1S/C13H19Cl2NO/c1-3-10(8-17)16-13(4-2)9-5-6-11(14)12(15)7-9/h5-7,10,13,16-17H,3-4,8H2,1-2H3/t10-,13?/m0/s1. The summed E-state index contributed by atoms with van der Waals surface area (Å²) in [6, 6.07) is 5.98. The van der Waals surface area contributed by atoms with E-state index >= 15 is 0 Å². The van der Waals surface area contributed by atoms with Crippen LogP contribution in [0, 0.1) is 0 Å². The molecule has 0 heterocycles. The van der Waals surface area contributed by atoms with Gasteiger partial charge in [-0.05, 0) is 30.5 Å². The summed E-state index contributed by atoms with van der Waals surface area (Å²) in [6.07, 6.45) is 1.84.